The van der Waals surface area contributed by atoms with E-state index < -0.39 is 10.8 Å². The summed E-state index contributed by atoms with van der Waals surface area (Å²) in [5, 5.41) is 4.23. The van der Waals surface area contributed by atoms with Crippen LogP contribution in [0.2, 0.25) is 0 Å². The minimum Gasteiger partial charge on any atom is -0.314 e. The maximum absolute atomic E-state index is 12.3. The van der Waals surface area contributed by atoms with Gasteiger partial charge in [-0.2, -0.15) is 0 Å². The summed E-state index contributed by atoms with van der Waals surface area (Å²) in [5.41, 5.74) is 0. The van der Waals surface area contributed by atoms with Crippen LogP contribution in [0.15, 0.2) is 0 Å². The topological polar surface area (TPSA) is 29.1 Å². The zero-order valence-electron chi connectivity index (χ0n) is 11.0. The summed E-state index contributed by atoms with van der Waals surface area (Å²) < 4.78 is 12.3. The Bertz CT molecular complexity index is 214. The molecule has 0 aromatic carbocycles. The van der Waals surface area contributed by atoms with Crippen LogP contribution in [0.25, 0.3) is 0 Å². The number of nitrogens with one attached hydrogen (secondary N) is 1. The lowest BCUT2D eigenvalue weighted by molar-refractivity contribution is 0.491. The Morgan fingerprint density at radius 1 is 1.25 bits per heavy atom. The zero-order valence-corrected chi connectivity index (χ0v) is 11.8. The van der Waals surface area contributed by atoms with Crippen molar-refractivity contribution >= 4 is 10.8 Å². The van der Waals surface area contributed by atoms with Crippen molar-refractivity contribution in [2.24, 2.45) is 0 Å². The van der Waals surface area contributed by atoms with Crippen molar-refractivity contribution in [3.05, 3.63) is 0 Å². The highest BCUT2D eigenvalue weighted by Gasteiger charge is 2.24. The molecule has 0 amide bonds. The van der Waals surface area contributed by atoms with Gasteiger partial charge in [0, 0.05) is 27.3 Å². The molecule has 1 aliphatic carbocycles. The molecule has 0 aromatic rings. The molecule has 0 bridgehead atoms. The van der Waals surface area contributed by atoms with E-state index in [-0.39, 0.29) is 0 Å². The third-order valence-corrected chi connectivity index (χ3v) is 5.63. The van der Waals surface area contributed by atoms with E-state index in [1.165, 1.54) is 32.1 Å². The second-order valence-electron chi connectivity index (χ2n) is 5.09. The predicted molar refractivity (Wildman–Crippen MR) is 72.2 cm³/mol. The molecular formula is C13H27NOS. The SMILES string of the molecule is CCNC(C)CC(C)S(=O)C1CCCCC1. The zero-order chi connectivity index (χ0) is 12.0. The summed E-state index contributed by atoms with van der Waals surface area (Å²) in [7, 11) is -0.615. The molecule has 0 heterocycles. The van der Waals surface area contributed by atoms with E-state index in [2.05, 4.69) is 26.1 Å². The largest absolute Gasteiger partial charge is 0.314 e. The van der Waals surface area contributed by atoms with Crippen LogP contribution in [0.3, 0.4) is 0 Å². The van der Waals surface area contributed by atoms with Crippen molar-refractivity contribution in [3.63, 3.8) is 0 Å². The van der Waals surface area contributed by atoms with Crippen molar-refractivity contribution < 1.29 is 4.21 Å². The minimum atomic E-state index is -0.615. The molecule has 3 unspecified atom stereocenters. The van der Waals surface area contributed by atoms with Gasteiger partial charge in [0.15, 0.2) is 0 Å². The molecule has 1 fully saturated rings. The van der Waals surface area contributed by atoms with Gasteiger partial charge in [0.05, 0.1) is 0 Å². The molecule has 96 valence electrons. The Balaban J connectivity index is 2.34. The van der Waals surface area contributed by atoms with E-state index in [9.17, 15) is 4.21 Å². The van der Waals surface area contributed by atoms with Gasteiger partial charge in [0.25, 0.3) is 0 Å². The summed E-state index contributed by atoms with van der Waals surface area (Å²) in [6.07, 6.45) is 7.32. The summed E-state index contributed by atoms with van der Waals surface area (Å²) in [4.78, 5) is 0. The molecule has 1 N–H and O–H groups in total. The van der Waals surface area contributed by atoms with Crippen LogP contribution in [0, 0.1) is 0 Å². The van der Waals surface area contributed by atoms with E-state index in [0.29, 0.717) is 16.5 Å². The van der Waals surface area contributed by atoms with Gasteiger partial charge in [-0.05, 0) is 32.7 Å². The maximum Gasteiger partial charge on any atom is 0.0350 e. The van der Waals surface area contributed by atoms with Gasteiger partial charge in [-0.15, -0.1) is 0 Å². The number of hydrogen-bond acceptors (Lipinski definition) is 2. The van der Waals surface area contributed by atoms with Gasteiger partial charge in [-0.3, -0.25) is 4.21 Å². The molecular weight excluding hydrogens is 218 g/mol. The van der Waals surface area contributed by atoms with Gasteiger partial charge < -0.3 is 5.32 Å². The number of rotatable bonds is 6. The molecule has 2 nitrogen and oxygen atoms in total. The molecule has 3 atom stereocenters. The van der Waals surface area contributed by atoms with Crippen LogP contribution in [-0.4, -0.2) is 27.3 Å². The second kappa shape index (κ2) is 7.44. The highest BCUT2D eigenvalue weighted by Crippen LogP contribution is 2.25. The van der Waals surface area contributed by atoms with E-state index in [0.717, 1.165) is 13.0 Å². The Hall–Kier alpha value is 0.110. The second-order valence-corrected chi connectivity index (χ2v) is 7.22. The van der Waals surface area contributed by atoms with Crippen LogP contribution >= 0.6 is 0 Å². The summed E-state index contributed by atoms with van der Waals surface area (Å²) in [6.45, 7) is 7.47. The molecule has 1 saturated carbocycles. The molecule has 1 aliphatic rings. The van der Waals surface area contributed by atoms with Gasteiger partial charge in [0.2, 0.25) is 0 Å². The highest BCUT2D eigenvalue weighted by atomic mass is 32.2. The first kappa shape index (κ1) is 14.2. The Morgan fingerprint density at radius 3 is 2.44 bits per heavy atom. The first-order valence-corrected chi connectivity index (χ1v) is 8.05. The van der Waals surface area contributed by atoms with Crippen LogP contribution in [0.5, 0.6) is 0 Å². The van der Waals surface area contributed by atoms with Crippen LogP contribution < -0.4 is 5.32 Å². The molecule has 0 aliphatic heterocycles. The summed E-state index contributed by atoms with van der Waals surface area (Å²) in [6, 6.07) is 0.493. The third kappa shape index (κ3) is 4.54. The van der Waals surface area contributed by atoms with Gasteiger partial charge in [-0.25, -0.2) is 0 Å². The predicted octanol–water partition coefficient (Wildman–Crippen LogP) is 2.84. The quantitative estimate of drug-likeness (QED) is 0.779. The fourth-order valence-corrected chi connectivity index (χ4v) is 4.58. The van der Waals surface area contributed by atoms with Gasteiger partial charge in [-0.1, -0.05) is 33.1 Å². The van der Waals surface area contributed by atoms with Crippen LogP contribution in [0.4, 0.5) is 0 Å². The molecule has 1 rings (SSSR count). The van der Waals surface area contributed by atoms with Gasteiger partial charge in [0.1, 0.15) is 0 Å². The minimum absolute atomic E-state index is 0.345. The lowest BCUT2D eigenvalue weighted by Gasteiger charge is -2.25. The Morgan fingerprint density at radius 2 is 1.88 bits per heavy atom. The monoisotopic (exact) mass is 245 g/mol. The molecule has 0 aromatic heterocycles. The highest BCUT2D eigenvalue weighted by molar-refractivity contribution is 7.86. The standard InChI is InChI=1S/C13H27NOS/c1-4-14-11(2)10-12(3)16(15)13-8-6-5-7-9-13/h11-14H,4-10H2,1-3H3. The molecule has 3 heteroatoms. The lowest BCUT2D eigenvalue weighted by atomic mass is 10.0. The van der Waals surface area contributed by atoms with Crippen LogP contribution in [-0.2, 0) is 10.8 Å². The molecule has 0 spiro atoms. The smallest absolute Gasteiger partial charge is 0.0350 e. The molecule has 0 radical (unpaired) electrons. The Kier molecular flexibility index (Phi) is 6.59. The maximum atomic E-state index is 12.3. The lowest BCUT2D eigenvalue weighted by Crippen LogP contribution is -2.33. The van der Waals surface area contributed by atoms with E-state index in [1.807, 2.05) is 0 Å². The van der Waals surface area contributed by atoms with Crippen molar-refractivity contribution in [1.82, 2.24) is 5.32 Å². The first-order valence-electron chi connectivity index (χ1n) is 6.78. The van der Waals surface area contributed by atoms with Crippen molar-refractivity contribution in [2.75, 3.05) is 6.54 Å². The average Bonchev–Trinajstić information content (AvgIpc) is 2.29. The fourth-order valence-electron chi connectivity index (χ4n) is 2.65. The van der Waals surface area contributed by atoms with E-state index in [4.69, 9.17) is 0 Å². The Labute approximate surface area is 103 Å². The van der Waals surface area contributed by atoms with E-state index in [1.54, 1.807) is 0 Å². The molecule has 0 saturated heterocycles. The van der Waals surface area contributed by atoms with Gasteiger partial charge >= 0.3 is 0 Å². The fraction of sp³-hybridized carbons (Fsp3) is 1.00. The van der Waals surface area contributed by atoms with Crippen molar-refractivity contribution in [2.45, 2.75) is 75.8 Å². The normalized spacial score (nSPS) is 23.9. The summed E-state index contributed by atoms with van der Waals surface area (Å²) in [5.74, 6) is 0. The van der Waals surface area contributed by atoms with Crippen LogP contribution in [0.1, 0.15) is 59.3 Å². The van der Waals surface area contributed by atoms with E-state index >= 15 is 0 Å². The molecule has 16 heavy (non-hydrogen) atoms. The van der Waals surface area contributed by atoms with Crippen molar-refractivity contribution in [1.29, 1.82) is 0 Å². The number of hydrogen-bond donors (Lipinski definition) is 1. The van der Waals surface area contributed by atoms with Crippen molar-refractivity contribution in [3.8, 4) is 0 Å². The third-order valence-electron chi connectivity index (χ3n) is 3.52. The first-order chi connectivity index (χ1) is 7.65. The summed E-state index contributed by atoms with van der Waals surface area (Å²) >= 11 is 0. The average molecular weight is 245 g/mol.